The molecule has 1 unspecified atom stereocenters. The van der Waals surface area contributed by atoms with Crippen LogP contribution in [0.15, 0.2) is 59.5 Å². The Morgan fingerprint density at radius 2 is 1.68 bits per heavy atom. The molecule has 2 aromatic carbocycles. The van der Waals surface area contributed by atoms with Gasteiger partial charge in [-0.2, -0.15) is 0 Å². The molecule has 0 spiro atoms. The van der Waals surface area contributed by atoms with E-state index in [-0.39, 0.29) is 10.8 Å². The maximum atomic E-state index is 12.7. The molecule has 3 atom stereocenters. The number of nitrogens with one attached hydrogen (secondary N) is 1. The average Bonchev–Trinajstić information content (AvgIpc) is 2.65. The predicted octanol–water partition coefficient (Wildman–Crippen LogP) is 3.12. The van der Waals surface area contributed by atoms with Crippen molar-refractivity contribution in [3.8, 4) is 5.75 Å². The van der Waals surface area contributed by atoms with Crippen LogP contribution in [0.1, 0.15) is 31.9 Å². The average molecular weight is 363 g/mol. The molecular formula is C19H25NO4S. The molecule has 0 fully saturated rings. The number of ether oxygens (including phenoxy) is 1. The zero-order chi connectivity index (χ0) is 18.4. The topological polar surface area (TPSA) is 75.6 Å². The fourth-order valence-electron chi connectivity index (χ4n) is 2.60. The number of hydrogen-bond acceptors (Lipinski definition) is 4. The Bertz CT molecular complexity index is 760. The van der Waals surface area contributed by atoms with Crippen molar-refractivity contribution in [2.45, 2.75) is 37.3 Å². The molecule has 0 saturated heterocycles. The van der Waals surface area contributed by atoms with Crippen LogP contribution in [-0.4, -0.2) is 26.7 Å². The first kappa shape index (κ1) is 19.4. The van der Waals surface area contributed by atoms with E-state index in [9.17, 15) is 13.5 Å². The lowest BCUT2D eigenvalue weighted by atomic mass is 9.91. The van der Waals surface area contributed by atoms with Crippen LogP contribution in [-0.2, 0) is 10.0 Å². The Balaban J connectivity index is 2.29. The van der Waals surface area contributed by atoms with Gasteiger partial charge < -0.3 is 9.84 Å². The molecule has 0 radical (unpaired) electrons. The second-order valence-corrected chi connectivity index (χ2v) is 7.78. The Kier molecular flexibility index (Phi) is 6.58. The van der Waals surface area contributed by atoms with E-state index in [0.29, 0.717) is 11.3 Å². The van der Waals surface area contributed by atoms with Crippen LogP contribution in [0.4, 0.5) is 0 Å². The number of sulfonamides is 1. The van der Waals surface area contributed by atoms with Crippen molar-refractivity contribution >= 4 is 10.0 Å². The highest BCUT2D eigenvalue weighted by atomic mass is 32.2. The number of methoxy groups -OCH3 is 1. The molecule has 2 N–H and O–H groups in total. The predicted molar refractivity (Wildman–Crippen MR) is 98.0 cm³/mol. The van der Waals surface area contributed by atoms with E-state index in [1.54, 1.807) is 49.6 Å². The molecule has 0 aliphatic rings. The zero-order valence-electron chi connectivity index (χ0n) is 14.7. The number of hydrogen-bond donors (Lipinski definition) is 2. The van der Waals surface area contributed by atoms with E-state index in [1.807, 2.05) is 13.8 Å². The van der Waals surface area contributed by atoms with E-state index >= 15 is 0 Å². The molecule has 0 aliphatic carbocycles. The number of rotatable bonds is 8. The summed E-state index contributed by atoms with van der Waals surface area (Å²) in [6.07, 6.45) is -0.228. The summed E-state index contributed by atoms with van der Waals surface area (Å²) in [4.78, 5) is 0.185. The van der Waals surface area contributed by atoms with E-state index in [4.69, 9.17) is 4.74 Å². The van der Waals surface area contributed by atoms with Gasteiger partial charge in [-0.05, 0) is 35.7 Å². The second kappa shape index (κ2) is 8.47. The third-order valence-electron chi connectivity index (χ3n) is 4.40. The zero-order valence-corrected chi connectivity index (χ0v) is 15.5. The lowest BCUT2D eigenvalue weighted by molar-refractivity contribution is 0.112. The number of aliphatic hydroxyl groups excluding tert-OH is 1. The van der Waals surface area contributed by atoms with Crippen molar-refractivity contribution in [2.24, 2.45) is 5.92 Å². The van der Waals surface area contributed by atoms with Gasteiger partial charge in [0.15, 0.2) is 0 Å². The van der Waals surface area contributed by atoms with Gasteiger partial charge in [-0.3, -0.25) is 0 Å². The summed E-state index contributed by atoms with van der Waals surface area (Å²) in [7, 11) is -2.14. The first-order valence-electron chi connectivity index (χ1n) is 8.28. The van der Waals surface area contributed by atoms with Gasteiger partial charge in [-0.15, -0.1) is 0 Å². The fourth-order valence-corrected chi connectivity index (χ4v) is 3.97. The molecule has 0 aliphatic heterocycles. The molecule has 5 nitrogen and oxygen atoms in total. The Labute approximate surface area is 149 Å². The van der Waals surface area contributed by atoms with E-state index in [2.05, 4.69) is 4.72 Å². The van der Waals surface area contributed by atoms with Crippen LogP contribution >= 0.6 is 0 Å². The van der Waals surface area contributed by atoms with Crippen molar-refractivity contribution < 1.29 is 18.3 Å². The highest BCUT2D eigenvalue weighted by Crippen LogP contribution is 2.27. The summed E-state index contributed by atoms with van der Waals surface area (Å²) in [6, 6.07) is 14.5. The lowest BCUT2D eigenvalue weighted by Crippen LogP contribution is -2.43. The van der Waals surface area contributed by atoms with Crippen LogP contribution in [0.5, 0.6) is 5.75 Å². The summed E-state index contributed by atoms with van der Waals surface area (Å²) < 4.78 is 33.1. The quantitative estimate of drug-likeness (QED) is 0.756. The normalized spacial score (nSPS) is 15.4. The third-order valence-corrected chi connectivity index (χ3v) is 5.87. The fraction of sp³-hybridized carbons (Fsp3) is 0.368. The summed E-state index contributed by atoms with van der Waals surface area (Å²) in [5.74, 6) is 0.636. The van der Waals surface area contributed by atoms with Gasteiger partial charge in [0.25, 0.3) is 0 Å². The molecule has 0 aromatic heterocycles. The Morgan fingerprint density at radius 3 is 2.20 bits per heavy atom. The lowest BCUT2D eigenvalue weighted by Gasteiger charge is -2.29. The van der Waals surface area contributed by atoms with Gasteiger partial charge in [-0.25, -0.2) is 13.1 Å². The minimum absolute atomic E-state index is 0.0458. The summed E-state index contributed by atoms with van der Waals surface area (Å²) in [6.45, 7) is 3.89. The van der Waals surface area contributed by atoms with Gasteiger partial charge in [0, 0.05) is 0 Å². The van der Waals surface area contributed by atoms with Gasteiger partial charge in [-0.1, -0.05) is 50.6 Å². The van der Waals surface area contributed by atoms with Crippen molar-refractivity contribution in [1.29, 1.82) is 0 Å². The molecule has 136 valence electrons. The minimum atomic E-state index is -3.72. The SMILES string of the molecule is CC[C@H](C)[C@H](NS(=O)(=O)c1ccccc1)C(O)c1ccc(OC)cc1. The van der Waals surface area contributed by atoms with Gasteiger partial charge in [0.05, 0.1) is 24.2 Å². The first-order chi connectivity index (χ1) is 11.9. The molecule has 25 heavy (non-hydrogen) atoms. The number of aliphatic hydroxyl groups is 1. The van der Waals surface area contributed by atoms with Gasteiger partial charge >= 0.3 is 0 Å². The summed E-state index contributed by atoms with van der Waals surface area (Å²) >= 11 is 0. The molecule has 6 heteroatoms. The van der Waals surface area contributed by atoms with Crippen LogP contribution in [0.2, 0.25) is 0 Å². The molecule has 2 aromatic rings. The maximum Gasteiger partial charge on any atom is 0.240 e. The Hall–Kier alpha value is -1.89. The van der Waals surface area contributed by atoms with Crippen molar-refractivity contribution in [1.82, 2.24) is 4.72 Å². The number of benzene rings is 2. The smallest absolute Gasteiger partial charge is 0.240 e. The first-order valence-corrected chi connectivity index (χ1v) is 9.76. The molecule has 0 amide bonds. The second-order valence-electron chi connectivity index (χ2n) is 6.06. The van der Waals surface area contributed by atoms with Crippen LogP contribution < -0.4 is 9.46 Å². The van der Waals surface area contributed by atoms with Crippen LogP contribution in [0.3, 0.4) is 0 Å². The third kappa shape index (κ3) is 4.81. The van der Waals surface area contributed by atoms with Crippen molar-refractivity contribution in [2.75, 3.05) is 7.11 Å². The minimum Gasteiger partial charge on any atom is -0.497 e. The van der Waals surface area contributed by atoms with Crippen LogP contribution in [0, 0.1) is 5.92 Å². The van der Waals surface area contributed by atoms with Crippen molar-refractivity contribution in [3.05, 3.63) is 60.2 Å². The molecule has 2 rings (SSSR count). The molecule has 0 saturated carbocycles. The van der Waals surface area contributed by atoms with Crippen molar-refractivity contribution in [3.63, 3.8) is 0 Å². The Morgan fingerprint density at radius 1 is 1.08 bits per heavy atom. The van der Waals surface area contributed by atoms with Gasteiger partial charge in [0.1, 0.15) is 5.75 Å². The van der Waals surface area contributed by atoms with Crippen LogP contribution in [0.25, 0.3) is 0 Å². The maximum absolute atomic E-state index is 12.7. The van der Waals surface area contributed by atoms with Gasteiger partial charge in [0.2, 0.25) is 10.0 Å². The summed E-state index contributed by atoms with van der Waals surface area (Å²) in [5, 5.41) is 10.8. The standard InChI is InChI=1S/C19H25NO4S/c1-4-14(2)18(19(21)15-10-12-16(24-3)13-11-15)20-25(22,23)17-8-6-5-7-9-17/h5-14,18-21H,4H2,1-3H3/t14-,18-,19?/m0/s1. The van der Waals surface area contributed by atoms with E-state index in [0.717, 1.165) is 6.42 Å². The molecular weight excluding hydrogens is 338 g/mol. The highest BCUT2D eigenvalue weighted by Gasteiger charge is 2.30. The molecule has 0 bridgehead atoms. The van der Waals surface area contributed by atoms with E-state index in [1.165, 1.54) is 12.1 Å². The highest BCUT2D eigenvalue weighted by molar-refractivity contribution is 7.89. The molecule has 0 heterocycles. The largest absolute Gasteiger partial charge is 0.497 e. The summed E-state index contributed by atoms with van der Waals surface area (Å²) in [5.41, 5.74) is 0.641. The van der Waals surface area contributed by atoms with E-state index < -0.39 is 22.2 Å². The monoisotopic (exact) mass is 363 g/mol.